The summed E-state index contributed by atoms with van der Waals surface area (Å²) >= 11 is 0. The van der Waals surface area contributed by atoms with Crippen LogP contribution in [0, 0.1) is 0 Å². The van der Waals surface area contributed by atoms with Crippen LogP contribution in [0.2, 0.25) is 0 Å². The summed E-state index contributed by atoms with van der Waals surface area (Å²) in [4.78, 5) is 23.4. The maximum absolute atomic E-state index is 11.9. The molecule has 148 valence electrons. The van der Waals surface area contributed by atoms with Crippen LogP contribution in [0.25, 0.3) is 0 Å². The normalized spacial score (nSPS) is 16.5. The molecule has 1 aliphatic rings. The lowest BCUT2D eigenvalue weighted by atomic mass is 10.2. The predicted octanol–water partition coefficient (Wildman–Crippen LogP) is 0.147. The standard InChI is InChI=1S/C16H20N2O8S/c1-16(2)25-14(20)12(15(21)26-16)9-18-11-4-3-10(8-17-5-6-19)13(7-11)27(22,23)24/h3-4,7,9,17-19H,5-6,8H2,1-2H3,(H,22,23,24). The number of nitrogens with one attached hydrogen (secondary N) is 2. The van der Waals surface area contributed by atoms with Crippen LogP contribution in [0.15, 0.2) is 34.9 Å². The fraction of sp³-hybridized carbons (Fsp3) is 0.375. The van der Waals surface area contributed by atoms with Crippen molar-refractivity contribution in [3.63, 3.8) is 0 Å². The number of aliphatic hydroxyl groups is 1. The largest absolute Gasteiger partial charge is 0.419 e. The van der Waals surface area contributed by atoms with Crippen LogP contribution in [0.1, 0.15) is 19.4 Å². The molecule has 1 heterocycles. The Morgan fingerprint density at radius 2 is 1.81 bits per heavy atom. The molecule has 27 heavy (non-hydrogen) atoms. The minimum atomic E-state index is -4.52. The Kier molecular flexibility index (Phi) is 6.21. The van der Waals surface area contributed by atoms with E-state index in [1.54, 1.807) is 0 Å². The Morgan fingerprint density at radius 3 is 2.37 bits per heavy atom. The van der Waals surface area contributed by atoms with E-state index in [1.165, 1.54) is 26.0 Å². The van der Waals surface area contributed by atoms with E-state index in [0.717, 1.165) is 12.3 Å². The number of ether oxygens (including phenoxy) is 2. The molecule has 0 bridgehead atoms. The van der Waals surface area contributed by atoms with Crippen LogP contribution >= 0.6 is 0 Å². The summed E-state index contributed by atoms with van der Waals surface area (Å²) in [5.74, 6) is -3.14. The van der Waals surface area contributed by atoms with Gasteiger partial charge in [0.25, 0.3) is 15.9 Å². The third-order valence-electron chi connectivity index (χ3n) is 3.45. The van der Waals surface area contributed by atoms with Crippen molar-refractivity contribution in [2.45, 2.75) is 31.1 Å². The van der Waals surface area contributed by atoms with E-state index in [0.29, 0.717) is 0 Å². The number of cyclic esters (lactones) is 2. The van der Waals surface area contributed by atoms with Crippen LogP contribution in [-0.4, -0.2) is 49.0 Å². The number of anilines is 1. The fourth-order valence-electron chi connectivity index (χ4n) is 2.27. The average molecular weight is 400 g/mol. The highest BCUT2D eigenvalue weighted by molar-refractivity contribution is 7.85. The number of rotatable bonds is 7. The number of carbonyl (C=O) groups excluding carboxylic acids is 2. The van der Waals surface area contributed by atoms with Gasteiger partial charge in [0.1, 0.15) is 4.90 Å². The molecule has 0 aliphatic carbocycles. The minimum absolute atomic E-state index is 0.102. The van der Waals surface area contributed by atoms with Gasteiger partial charge < -0.3 is 25.2 Å². The van der Waals surface area contributed by atoms with Crippen molar-refractivity contribution in [2.24, 2.45) is 0 Å². The van der Waals surface area contributed by atoms with Crippen molar-refractivity contribution in [2.75, 3.05) is 18.5 Å². The van der Waals surface area contributed by atoms with E-state index in [4.69, 9.17) is 14.6 Å². The Hall–Kier alpha value is -2.47. The molecule has 10 nitrogen and oxygen atoms in total. The summed E-state index contributed by atoms with van der Waals surface area (Å²) in [6.45, 7) is 3.05. The number of benzene rings is 1. The molecule has 1 aromatic carbocycles. The zero-order valence-electron chi connectivity index (χ0n) is 14.7. The molecular formula is C16H20N2O8S. The molecule has 0 unspecified atom stereocenters. The van der Waals surface area contributed by atoms with Crippen LogP contribution in [0.5, 0.6) is 0 Å². The van der Waals surface area contributed by atoms with Crippen LogP contribution < -0.4 is 10.6 Å². The average Bonchev–Trinajstić information content (AvgIpc) is 2.53. The Labute approximate surface area is 155 Å². The van der Waals surface area contributed by atoms with Crippen LogP contribution in [0.3, 0.4) is 0 Å². The van der Waals surface area contributed by atoms with Gasteiger partial charge in [-0.15, -0.1) is 0 Å². The maximum Gasteiger partial charge on any atom is 0.350 e. The summed E-state index contributed by atoms with van der Waals surface area (Å²) in [6, 6.07) is 4.08. The van der Waals surface area contributed by atoms with Gasteiger partial charge in [0.05, 0.1) is 6.61 Å². The lowest BCUT2D eigenvalue weighted by Crippen LogP contribution is -2.42. The number of hydrogen-bond acceptors (Lipinski definition) is 9. The molecule has 1 aromatic rings. The van der Waals surface area contributed by atoms with Gasteiger partial charge in [-0.1, -0.05) is 6.07 Å². The SMILES string of the molecule is CC1(C)OC(=O)C(=CNc2ccc(CNCCO)c(S(=O)(=O)O)c2)C(=O)O1. The molecule has 1 aliphatic heterocycles. The zero-order chi connectivity index (χ0) is 20.2. The van der Waals surface area contributed by atoms with Gasteiger partial charge in [-0.2, -0.15) is 8.42 Å². The Balaban J connectivity index is 2.24. The minimum Gasteiger partial charge on any atom is -0.419 e. The van der Waals surface area contributed by atoms with Crippen LogP contribution in [-0.2, 0) is 35.7 Å². The second-order valence-corrected chi connectivity index (χ2v) is 7.47. The van der Waals surface area contributed by atoms with Gasteiger partial charge in [0, 0.05) is 38.8 Å². The predicted molar refractivity (Wildman–Crippen MR) is 93.0 cm³/mol. The van der Waals surface area contributed by atoms with Gasteiger partial charge in [0.2, 0.25) is 0 Å². The first-order valence-corrected chi connectivity index (χ1v) is 9.33. The number of esters is 2. The lowest BCUT2D eigenvalue weighted by molar-refractivity contribution is -0.222. The number of hydrogen-bond donors (Lipinski definition) is 4. The van der Waals surface area contributed by atoms with Gasteiger partial charge in [-0.05, 0) is 17.7 Å². The Morgan fingerprint density at radius 1 is 1.19 bits per heavy atom. The molecule has 0 radical (unpaired) electrons. The second kappa shape index (κ2) is 8.05. The highest BCUT2D eigenvalue weighted by atomic mass is 32.2. The van der Waals surface area contributed by atoms with Gasteiger partial charge in [0.15, 0.2) is 5.57 Å². The first-order chi connectivity index (χ1) is 12.5. The highest BCUT2D eigenvalue weighted by Crippen LogP contribution is 2.24. The summed E-state index contributed by atoms with van der Waals surface area (Å²) in [7, 11) is -4.52. The fourth-order valence-corrected chi connectivity index (χ4v) is 3.01. The topological polar surface area (TPSA) is 151 Å². The Bertz CT molecular complexity index is 854. The molecule has 0 atom stereocenters. The van der Waals surface area contributed by atoms with Crippen molar-refractivity contribution in [1.82, 2.24) is 5.32 Å². The number of aliphatic hydroxyl groups excluding tert-OH is 1. The van der Waals surface area contributed by atoms with Crippen molar-refractivity contribution in [1.29, 1.82) is 0 Å². The summed E-state index contributed by atoms with van der Waals surface area (Å²) < 4.78 is 42.5. The van der Waals surface area contributed by atoms with Crippen LogP contribution in [0.4, 0.5) is 5.69 Å². The van der Waals surface area contributed by atoms with Crippen molar-refractivity contribution in [3.05, 3.63) is 35.5 Å². The second-order valence-electron chi connectivity index (χ2n) is 6.08. The van der Waals surface area contributed by atoms with Gasteiger partial charge >= 0.3 is 11.9 Å². The third-order valence-corrected chi connectivity index (χ3v) is 4.38. The molecule has 2 rings (SSSR count). The zero-order valence-corrected chi connectivity index (χ0v) is 15.5. The van der Waals surface area contributed by atoms with E-state index in [9.17, 15) is 22.6 Å². The van der Waals surface area contributed by atoms with Gasteiger partial charge in [-0.25, -0.2) is 9.59 Å². The molecule has 0 aromatic heterocycles. The van der Waals surface area contributed by atoms with E-state index in [-0.39, 0.29) is 35.8 Å². The van der Waals surface area contributed by atoms with E-state index >= 15 is 0 Å². The van der Waals surface area contributed by atoms with E-state index in [1.807, 2.05) is 0 Å². The third kappa shape index (κ3) is 5.50. The van der Waals surface area contributed by atoms with Gasteiger partial charge in [-0.3, -0.25) is 4.55 Å². The molecule has 1 saturated heterocycles. The monoisotopic (exact) mass is 400 g/mol. The molecular weight excluding hydrogens is 380 g/mol. The summed E-state index contributed by atoms with van der Waals surface area (Å²) in [5.41, 5.74) is 0.0882. The van der Waals surface area contributed by atoms with Crippen molar-refractivity contribution in [3.8, 4) is 0 Å². The molecule has 0 spiro atoms. The first-order valence-electron chi connectivity index (χ1n) is 7.89. The molecule has 4 N–H and O–H groups in total. The van der Waals surface area contributed by atoms with Crippen molar-refractivity contribution >= 4 is 27.7 Å². The number of carbonyl (C=O) groups is 2. The van der Waals surface area contributed by atoms with E-state index in [2.05, 4.69) is 10.6 Å². The molecule has 11 heteroatoms. The highest BCUT2D eigenvalue weighted by Gasteiger charge is 2.38. The first kappa shape index (κ1) is 20.8. The van der Waals surface area contributed by atoms with Crippen molar-refractivity contribution < 1.29 is 37.1 Å². The molecule has 1 fully saturated rings. The maximum atomic E-state index is 11.9. The summed E-state index contributed by atoms with van der Waals surface area (Å²) in [5, 5.41) is 14.2. The van der Waals surface area contributed by atoms with E-state index < -0.39 is 33.4 Å². The summed E-state index contributed by atoms with van der Waals surface area (Å²) in [6.07, 6.45) is 1.03. The smallest absolute Gasteiger partial charge is 0.350 e. The molecule has 0 amide bonds. The quantitative estimate of drug-likeness (QED) is 0.164. The molecule has 0 saturated carbocycles. The lowest BCUT2D eigenvalue weighted by Gasteiger charge is -2.29.